The van der Waals surface area contributed by atoms with Gasteiger partial charge in [-0.3, -0.25) is 0 Å². The molecule has 0 aliphatic heterocycles. The normalized spacial score (nSPS) is 22.4. The first-order valence-electron chi connectivity index (χ1n) is 4.66. The van der Waals surface area contributed by atoms with Crippen LogP contribution in [0.3, 0.4) is 0 Å². The topological polar surface area (TPSA) is 26.0 Å². The van der Waals surface area contributed by atoms with E-state index in [1.807, 2.05) is 0 Å². The molecule has 1 rings (SSSR count). The minimum absolute atomic E-state index is 0.178. The van der Waals surface area contributed by atoms with Crippen LogP contribution in [0.4, 0.5) is 0 Å². The van der Waals surface area contributed by atoms with Gasteiger partial charge in [0.15, 0.2) is 0 Å². The smallest absolute Gasteiger partial charge is 0.0207 e. The first kappa shape index (κ1) is 9.05. The van der Waals surface area contributed by atoms with E-state index in [9.17, 15) is 0 Å². The molecule has 11 heavy (non-hydrogen) atoms. The quantitative estimate of drug-likeness (QED) is 0.666. The van der Waals surface area contributed by atoms with Gasteiger partial charge in [0.25, 0.3) is 0 Å². The molecule has 1 heteroatoms. The lowest BCUT2D eigenvalue weighted by Crippen LogP contribution is -2.40. The molecule has 2 N–H and O–H groups in total. The Morgan fingerprint density at radius 2 is 1.82 bits per heavy atom. The predicted octanol–water partition coefficient (Wildman–Crippen LogP) is 2.55. The second-order valence-corrected chi connectivity index (χ2v) is 5.14. The standard InChI is InChI=1S/C10H21N/c1-8(2)7-9(3,4)10(11)5-6-10/h8H,5-7,11H2,1-4H3. The Morgan fingerprint density at radius 1 is 1.36 bits per heavy atom. The molecule has 0 bridgehead atoms. The van der Waals surface area contributed by atoms with Crippen LogP contribution >= 0.6 is 0 Å². The lowest BCUT2D eigenvalue weighted by atomic mass is 9.76. The molecule has 0 heterocycles. The molecule has 0 radical (unpaired) electrons. The van der Waals surface area contributed by atoms with Crippen LogP contribution in [0.25, 0.3) is 0 Å². The van der Waals surface area contributed by atoms with Gasteiger partial charge in [-0.05, 0) is 30.6 Å². The van der Waals surface area contributed by atoms with Gasteiger partial charge in [0.2, 0.25) is 0 Å². The van der Waals surface area contributed by atoms with E-state index in [1.54, 1.807) is 0 Å². The lowest BCUT2D eigenvalue weighted by Gasteiger charge is -2.33. The number of hydrogen-bond donors (Lipinski definition) is 1. The fourth-order valence-corrected chi connectivity index (χ4v) is 2.04. The van der Waals surface area contributed by atoms with Crippen molar-refractivity contribution in [2.24, 2.45) is 17.1 Å². The molecule has 66 valence electrons. The van der Waals surface area contributed by atoms with Gasteiger partial charge in [-0.15, -0.1) is 0 Å². The number of nitrogens with two attached hydrogens (primary N) is 1. The summed E-state index contributed by atoms with van der Waals surface area (Å²) in [5, 5.41) is 0. The molecular weight excluding hydrogens is 134 g/mol. The average Bonchev–Trinajstić information content (AvgIpc) is 2.44. The maximum absolute atomic E-state index is 6.17. The first-order valence-corrected chi connectivity index (χ1v) is 4.66. The SMILES string of the molecule is CC(C)CC(C)(C)C1(N)CC1. The summed E-state index contributed by atoms with van der Waals surface area (Å²) >= 11 is 0. The summed E-state index contributed by atoms with van der Waals surface area (Å²) in [5.74, 6) is 0.769. The number of rotatable bonds is 3. The molecule has 0 spiro atoms. The Hall–Kier alpha value is -0.0400. The Kier molecular flexibility index (Phi) is 2.04. The molecule has 0 unspecified atom stereocenters. The predicted molar refractivity (Wildman–Crippen MR) is 49.4 cm³/mol. The number of hydrogen-bond acceptors (Lipinski definition) is 1. The van der Waals surface area contributed by atoms with E-state index in [4.69, 9.17) is 5.73 Å². The third kappa shape index (κ3) is 1.76. The van der Waals surface area contributed by atoms with Crippen LogP contribution in [-0.2, 0) is 0 Å². The molecule has 0 saturated heterocycles. The molecule has 1 saturated carbocycles. The first-order chi connectivity index (χ1) is 4.87. The van der Waals surface area contributed by atoms with Gasteiger partial charge in [0.1, 0.15) is 0 Å². The third-order valence-corrected chi connectivity index (χ3v) is 3.06. The van der Waals surface area contributed by atoms with Crippen LogP contribution < -0.4 is 5.73 Å². The van der Waals surface area contributed by atoms with Crippen molar-refractivity contribution in [1.29, 1.82) is 0 Å². The van der Waals surface area contributed by atoms with Crippen molar-refractivity contribution in [2.75, 3.05) is 0 Å². The largest absolute Gasteiger partial charge is 0.325 e. The summed E-state index contributed by atoms with van der Waals surface area (Å²) in [6.07, 6.45) is 3.71. The van der Waals surface area contributed by atoms with Gasteiger partial charge >= 0.3 is 0 Å². The van der Waals surface area contributed by atoms with E-state index >= 15 is 0 Å². The molecular formula is C10H21N. The van der Waals surface area contributed by atoms with Crippen LogP contribution in [0, 0.1) is 11.3 Å². The summed E-state index contributed by atoms with van der Waals surface area (Å²) in [5.41, 5.74) is 6.70. The highest BCUT2D eigenvalue weighted by Crippen LogP contribution is 2.50. The summed E-state index contributed by atoms with van der Waals surface area (Å²) < 4.78 is 0. The minimum Gasteiger partial charge on any atom is -0.325 e. The highest BCUT2D eigenvalue weighted by molar-refractivity contribution is 5.08. The molecule has 0 aromatic heterocycles. The Balaban J connectivity index is 2.52. The fourth-order valence-electron chi connectivity index (χ4n) is 2.04. The van der Waals surface area contributed by atoms with Gasteiger partial charge in [-0.2, -0.15) is 0 Å². The van der Waals surface area contributed by atoms with E-state index in [0.717, 1.165) is 5.92 Å². The van der Waals surface area contributed by atoms with Crippen LogP contribution in [0.2, 0.25) is 0 Å². The van der Waals surface area contributed by atoms with E-state index in [2.05, 4.69) is 27.7 Å². The maximum atomic E-state index is 6.17. The highest BCUT2D eigenvalue weighted by atomic mass is 14.9. The molecule has 0 aromatic carbocycles. The second-order valence-electron chi connectivity index (χ2n) is 5.14. The van der Waals surface area contributed by atoms with E-state index < -0.39 is 0 Å². The van der Waals surface area contributed by atoms with E-state index in [-0.39, 0.29) is 5.54 Å². The lowest BCUT2D eigenvalue weighted by molar-refractivity contribution is 0.213. The van der Waals surface area contributed by atoms with E-state index in [0.29, 0.717) is 5.41 Å². The van der Waals surface area contributed by atoms with Crippen LogP contribution in [0.5, 0.6) is 0 Å². The van der Waals surface area contributed by atoms with Gasteiger partial charge < -0.3 is 5.73 Å². The molecule has 0 atom stereocenters. The monoisotopic (exact) mass is 155 g/mol. The maximum Gasteiger partial charge on any atom is 0.0207 e. The van der Waals surface area contributed by atoms with Crippen LogP contribution in [0.15, 0.2) is 0 Å². The van der Waals surface area contributed by atoms with Gasteiger partial charge in [0.05, 0.1) is 0 Å². The fraction of sp³-hybridized carbons (Fsp3) is 1.00. The zero-order valence-corrected chi connectivity index (χ0v) is 8.28. The van der Waals surface area contributed by atoms with Crippen molar-refractivity contribution in [1.82, 2.24) is 0 Å². The zero-order chi connectivity index (χ0) is 8.70. The van der Waals surface area contributed by atoms with Gasteiger partial charge in [-0.1, -0.05) is 27.7 Å². The van der Waals surface area contributed by atoms with Crippen molar-refractivity contribution in [3.05, 3.63) is 0 Å². The molecule has 1 aliphatic rings. The van der Waals surface area contributed by atoms with Crippen LogP contribution in [-0.4, -0.2) is 5.54 Å². The van der Waals surface area contributed by atoms with Crippen molar-refractivity contribution in [3.8, 4) is 0 Å². The van der Waals surface area contributed by atoms with Crippen molar-refractivity contribution >= 4 is 0 Å². The molecule has 1 nitrogen and oxygen atoms in total. The van der Waals surface area contributed by atoms with Crippen molar-refractivity contribution in [2.45, 2.75) is 52.5 Å². The summed E-state index contributed by atoms with van der Waals surface area (Å²) in [6.45, 7) is 9.15. The third-order valence-electron chi connectivity index (χ3n) is 3.06. The Morgan fingerprint density at radius 3 is 2.09 bits per heavy atom. The van der Waals surface area contributed by atoms with E-state index in [1.165, 1.54) is 19.3 Å². The molecule has 0 amide bonds. The summed E-state index contributed by atoms with van der Waals surface area (Å²) in [6, 6.07) is 0. The van der Waals surface area contributed by atoms with Gasteiger partial charge in [0, 0.05) is 5.54 Å². The van der Waals surface area contributed by atoms with Crippen molar-refractivity contribution < 1.29 is 0 Å². The second kappa shape index (κ2) is 2.48. The molecule has 1 aliphatic carbocycles. The van der Waals surface area contributed by atoms with Crippen LogP contribution in [0.1, 0.15) is 47.0 Å². The van der Waals surface area contributed by atoms with Gasteiger partial charge in [-0.25, -0.2) is 0 Å². The highest BCUT2D eigenvalue weighted by Gasteiger charge is 2.50. The molecule has 0 aromatic rings. The minimum atomic E-state index is 0.178. The Bertz CT molecular complexity index is 143. The Labute approximate surface area is 70.4 Å². The molecule has 1 fully saturated rings. The van der Waals surface area contributed by atoms with Crippen molar-refractivity contribution in [3.63, 3.8) is 0 Å². The zero-order valence-electron chi connectivity index (χ0n) is 8.28. The summed E-state index contributed by atoms with van der Waals surface area (Å²) in [4.78, 5) is 0. The average molecular weight is 155 g/mol. The summed E-state index contributed by atoms with van der Waals surface area (Å²) in [7, 11) is 0.